The molecule has 3 saturated heterocycles. The Labute approximate surface area is 168 Å². The summed E-state index contributed by atoms with van der Waals surface area (Å²) < 4.78 is 14.3. The molecule has 2 bridgehead atoms. The van der Waals surface area contributed by atoms with Crippen LogP contribution in [0, 0.1) is 5.82 Å². The molecule has 2 aromatic heterocycles. The highest BCUT2D eigenvalue weighted by molar-refractivity contribution is 5.85. The molecule has 150 valence electrons. The van der Waals surface area contributed by atoms with Gasteiger partial charge in [-0.15, -0.1) is 12.4 Å². The average molecular weight is 408 g/mol. The van der Waals surface area contributed by atoms with Gasteiger partial charge in [-0.25, -0.2) is 14.4 Å². The normalized spacial score (nSPS) is 23.9. The molecule has 0 unspecified atom stereocenters. The van der Waals surface area contributed by atoms with E-state index in [9.17, 15) is 9.50 Å². The third-order valence-electron chi connectivity index (χ3n) is 5.42. The van der Waals surface area contributed by atoms with E-state index >= 15 is 0 Å². The number of aliphatic hydroxyl groups is 1. The third kappa shape index (κ3) is 3.69. The summed E-state index contributed by atoms with van der Waals surface area (Å²) in [5, 5.41) is 16.0. The van der Waals surface area contributed by atoms with Gasteiger partial charge in [0.05, 0.1) is 18.0 Å². The van der Waals surface area contributed by atoms with Gasteiger partial charge >= 0.3 is 0 Å². The monoisotopic (exact) mass is 407 g/mol. The molecule has 0 spiro atoms. The molecular formula is C18H23ClFN7O. The van der Waals surface area contributed by atoms with E-state index in [2.05, 4.69) is 30.5 Å². The van der Waals surface area contributed by atoms with Gasteiger partial charge in [0.1, 0.15) is 5.82 Å². The minimum atomic E-state index is -0.429. The number of aliphatic hydroxyl groups excluding tert-OH is 1. The summed E-state index contributed by atoms with van der Waals surface area (Å²) in [6.07, 6.45) is 5.30. The third-order valence-corrected chi connectivity index (χ3v) is 5.42. The Bertz CT molecular complexity index is 838. The van der Waals surface area contributed by atoms with Crippen molar-refractivity contribution in [2.75, 3.05) is 41.3 Å². The Balaban J connectivity index is 0.00000192. The number of halogens is 2. The number of β-amino-alcohol motifs (C(OH)–C–C–N with tert-alkyl or cyclic N) is 1. The highest BCUT2D eigenvalue weighted by Gasteiger charge is 2.32. The number of anilines is 4. The maximum absolute atomic E-state index is 14.3. The first-order valence-corrected chi connectivity index (χ1v) is 9.34. The van der Waals surface area contributed by atoms with Gasteiger partial charge in [0, 0.05) is 50.5 Å². The molecule has 8 nitrogen and oxygen atoms in total. The van der Waals surface area contributed by atoms with Crippen LogP contribution in [0.4, 0.5) is 27.7 Å². The van der Waals surface area contributed by atoms with Crippen LogP contribution in [0.5, 0.6) is 0 Å². The maximum atomic E-state index is 14.3. The van der Waals surface area contributed by atoms with E-state index in [-0.39, 0.29) is 18.2 Å². The van der Waals surface area contributed by atoms with Gasteiger partial charge in [-0.1, -0.05) is 0 Å². The number of hydrogen-bond donors (Lipinski definition) is 3. The molecule has 0 aromatic carbocycles. The van der Waals surface area contributed by atoms with Crippen LogP contribution in [-0.4, -0.2) is 64.4 Å². The first kappa shape index (κ1) is 19.1. The van der Waals surface area contributed by atoms with Crippen molar-refractivity contribution in [2.24, 2.45) is 0 Å². The number of nitrogens with one attached hydrogen (secondary N) is 2. The molecule has 2 aromatic rings. The van der Waals surface area contributed by atoms with Crippen LogP contribution in [0.25, 0.3) is 0 Å². The van der Waals surface area contributed by atoms with Crippen LogP contribution in [-0.2, 0) is 0 Å². The molecule has 2 atom stereocenters. The SMILES string of the molecule is Cl.OC1CN(c2ncc(Nc3nccc(N4C[C@H]5CC[C@@H](C4)N5)n3)cc2F)C1. The van der Waals surface area contributed by atoms with Gasteiger partial charge in [-0.2, -0.15) is 4.98 Å². The summed E-state index contributed by atoms with van der Waals surface area (Å²) in [6, 6.07) is 4.35. The minimum Gasteiger partial charge on any atom is -0.389 e. The molecule has 10 heteroatoms. The second-order valence-electron chi connectivity index (χ2n) is 7.49. The van der Waals surface area contributed by atoms with E-state index in [0.29, 0.717) is 36.8 Å². The van der Waals surface area contributed by atoms with Crippen molar-refractivity contribution in [3.63, 3.8) is 0 Å². The van der Waals surface area contributed by atoms with Gasteiger partial charge < -0.3 is 25.5 Å². The Morgan fingerprint density at radius 3 is 2.54 bits per heavy atom. The van der Waals surface area contributed by atoms with Crippen molar-refractivity contribution in [1.29, 1.82) is 0 Å². The van der Waals surface area contributed by atoms with Crippen molar-refractivity contribution < 1.29 is 9.50 Å². The van der Waals surface area contributed by atoms with Crippen molar-refractivity contribution in [3.8, 4) is 0 Å². The van der Waals surface area contributed by atoms with Crippen molar-refractivity contribution in [2.45, 2.75) is 31.0 Å². The number of piperazine rings is 1. The van der Waals surface area contributed by atoms with Crippen LogP contribution in [0.2, 0.25) is 0 Å². The predicted molar refractivity (Wildman–Crippen MR) is 107 cm³/mol. The van der Waals surface area contributed by atoms with Crippen LogP contribution < -0.4 is 20.4 Å². The molecule has 5 heterocycles. The number of aromatic nitrogens is 3. The zero-order valence-corrected chi connectivity index (χ0v) is 16.1. The summed E-state index contributed by atoms with van der Waals surface area (Å²) in [5.74, 6) is 1.13. The number of pyridine rings is 1. The maximum Gasteiger partial charge on any atom is 0.229 e. The fraction of sp³-hybridized carbons (Fsp3) is 0.500. The number of fused-ring (bicyclic) bond motifs is 2. The van der Waals surface area contributed by atoms with Crippen molar-refractivity contribution >= 4 is 35.7 Å². The Morgan fingerprint density at radius 2 is 1.86 bits per heavy atom. The Morgan fingerprint density at radius 1 is 1.11 bits per heavy atom. The summed E-state index contributed by atoms with van der Waals surface area (Å²) in [5.41, 5.74) is 0.495. The number of nitrogens with zero attached hydrogens (tertiary/aromatic N) is 5. The van der Waals surface area contributed by atoms with E-state index < -0.39 is 11.9 Å². The minimum absolute atomic E-state index is 0. The van der Waals surface area contributed by atoms with Crippen LogP contribution in [0.3, 0.4) is 0 Å². The second kappa shape index (κ2) is 7.65. The second-order valence-corrected chi connectivity index (χ2v) is 7.49. The van der Waals surface area contributed by atoms with Crippen LogP contribution in [0.1, 0.15) is 12.8 Å². The first-order valence-electron chi connectivity index (χ1n) is 9.34. The van der Waals surface area contributed by atoms with Gasteiger partial charge in [-0.3, -0.25) is 0 Å². The molecule has 0 amide bonds. The highest BCUT2D eigenvalue weighted by atomic mass is 35.5. The lowest BCUT2D eigenvalue weighted by molar-refractivity contribution is 0.140. The number of hydrogen-bond acceptors (Lipinski definition) is 8. The highest BCUT2D eigenvalue weighted by Crippen LogP contribution is 2.26. The fourth-order valence-corrected chi connectivity index (χ4v) is 4.06. The van der Waals surface area contributed by atoms with Gasteiger partial charge in [-0.05, 0) is 18.9 Å². The quantitative estimate of drug-likeness (QED) is 0.698. The van der Waals surface area contributed by atoms with E-state index in [1.807, 2.05) is 6.07 Å². The van der Waals surface area contributed by atoms with Crippen LogP contribution >= 0.6 is 12.4 Å². The van der Waals surface area contributed by atoms with E-state index in [0.717, 1.165) is 18.9 Å². The van der Waals surface area contributed by atoms with Gasteiger partial charge in [0.15, 0.2) is 11.6 Å². The number of rotatable bonds is 4. The summed E-state index contributed by atoms with van der Waals surface area (Å²) in [6.45, 7) is 2.71. The molecule has 3 aliphatic heterocycles. The van der Waals surface area contributed by atoms with E-state index in [1.165, 1.54) is 18.9 Å². The molecule has 0 aliphatic carbocycles. The van der Waals surface area contributed by atoms with Crippen molar-refractivity contribution in [3.05, 3.63) is 30.3 Å². The molecule has 28 heavy (non-hydrogen) atoms. The molecule has 3 fully saturated rings. The standard InChI is InChI=1S/C18H22FN7O.ClH/c19-15-5-13(6-21-17(15)26-9-14(27)10-26)23-18-20-4-3-16(24-18)25-7-11-1-2-12(8-25)22-11;/h3-6,11-12,14,22,27H,1-2,7-10H2,(H,20,23,24);1H/t11-,12+;. The molecule has 0 saturated carbocycles. The lowest BCUT2D eigenvalue weighted by atomic mass is 10.1. The lowest BCUT2D eigenvalue weighted by Crippen LogP contribution is -2.51. The molecule has 0 radical (unpaired) electrons. The predicted octanol–water partition coefficient (Wildman–Crippen LogP) is 1.30. The van der Waals surface area contributed by atoms with E-state index in [4.69, 9.17) is 0 Å². The summed E-state index contributed by atoms with van der Waals surface area (Å²) >= 11 is 0. The molecule has 3 N–H and O–H groups in total. The largest absolute Gasteiger partial charge is 0.389 e. The summed E-state index contributed by atoms with van der Waals surface area (Å²) in [7, 11) is 0. The molecular weight excluding hydrogens is 385 g/mol. The Hall–Kier alpha value is -2.23. The van der Waals surface area contributed by atoms with Gasteiger partial charge in [0.2, 0.25) is 5.95 Å². The topological polar surface area (TPSA) is 89.4 Å². The first-order chi connectivity index (χ1) is 13.1. The molecule has 5 rings (SSSR count). The molecule has 3 aliphatic rings. The lowest BCUT2D eigenvalue weighted by Gasteiger charge is -2.36. The van der Waals surface area contributed by atoms with Gasteiger partial charge in [0.25, 0.3) is 0 Å². The average Bonchev–Trinajstić information content (AvgIpc) is 2.98. The smallest absolute Gasteiger partial charge is 0.229 e. The fourth-order valence-electron chi connectivity index (χ4n) is 4.06. The van der Waals surface area contributed by atoms with Crippen molar-refractivity contribution in [1.82, 2.24) is 20.3 Å². The zero-order chi connectivity index (χ0) is 18.4. The van der Waals surface area contributed by atoms with Crippen LogP contribution in [0.15, 0.2) is 24.5 Å². The zero-order valence-electron chi connectivity index (χ0n) is 15.3. The Kier molecular flexibility index (Phi) is 5.22. The van der Waals surface area contributed by atoms with E-state index in [1.54, 1.807) is 17.3 Å². The summed E-state index contributed by atoms with van der Waals surface area (Å²) in [4.78, 5) is 17.0.